The summed E-state index contributed by atoms with van der Waals surface area (Å²) in [5.74, 6) is 0.326. The fourth-order valence-corrected chi connectivity index (χ4v) is 5.60. The van der Waals surface area contributed by atoms with Crippen molar-refractivity contribution in [3.05, 3.63) is 60.0 Å². The minimum Gasteiger partial charge on any atom is -0.380 e. The first-order chi connectivity index (χ1) is 19.1. The molecule has 4 N–H and O–H groups in total. The van der Waals surface area contributed by atoms with Crippen molar-refractivity contribution in [3.8, 4) is 11.3 Å². The number of anilines is 3. The van der Waals surface area contributed by atoms with Crippen LogP contribution < -0.4 is 16.4 Å². The quantitative estimate of drug-likeness (QED) is 0.401. The molecule has 1 amide bonds. The largest absolute Gasteiger partial charge is 0.380 e. The van der Waals surface area contributed by atoms with Gasteiger partial charge in [0, 0.05) is 54.7 Å². The van der Waals surface area contributed by atoms with Crippen LogP contribution >= 0.6 is 0 Å². The molecular weight excluding hydrogens is 494 g/mol. The van der Waals surface area contributed by atoms with E-state index < -0.39 is 5.91 Å². The molecule has 3 aliphatic rings. The monoisotopic (exact) mass is 529 g/mol. The molecule has 1 saturated carbocycles. The van der Waals surface area contributed by atoms with Gasteiger partial charge in [0.25, 0.3) is 5.91 Å². The SMILES string of the molecule is NC(=O)c1nc(-c2ccncc2)c(NC2CCC3(CC2)COC3)nc1Nc1ccc(CN2CCOCC2)cc1. The number of nitrogens with two attached hydrogens (primary N) is 1. The van der Waals surface area contributed by atoms with E-state index in [1.165, 1.54) is 5.56 Å². The number of carbonyl (C=O) groups is 1. The van der Waals surface area contributed by atoms with Crippen molar-refractivity contribution < 1.29 is 14.3 Å². The number of morpholine rings is 1. The van der Waals surface area contributed by atoms with Crippen LogP contribution in [0.5, 0.6) is 0 Å². The lowest BCUT2D eigenvalue weighted by atomic mass is 9.71. The number of nitrogens with one attached hydrogen (secondary N) is 2. The predicted molar refractivity (Wildman–Crippen MR) is 149 cm³/mol. The molecule has 3 aromatic rings. The summed E-state index contributed by atoms with van der Waals surface area (Å²) in [6, 6.07) is 12.1. The van der Waals surface area contributed by atoms with Crippen LogP contribution in [0.15, 0.2) is 48.8 Å². The highest BCUT2D eigenvalue weighted by molar-refractivity contribution is 5.97. The number of ether oxygens (including phenoxy) is 2. The Morgan fingerprint density at radius 2 is 1.69 bits per heavy atom. The third-order valence-electron chi connectivity index (χ3n) is 8.01. The molecule has 4 heterocycles. The van der Waals surface area contributed by atoms with E-state index in [1.807, 2.05) is 24.3 Å². The summed E-state index contributed by atoms with van der Waals surface area (Å²) >= 11 is 0. The molecule has 10 nitrogen and oxygen atoms in total. The highest BCUT2D eigenvalue weighted by Crippen LogP contribution is 2.43. The Labute approximate surface area is 228 Å². The molecule has 1 aromatic carbocycles. The van der Waals surface area contributed by atoms with Crippen molar-refractivity contribution in [2.24, 2.45) is 11.1 Å². The number of carbonyl (C=O) groups excluding carboxylic acids is 1. The van der Waals surface area contributed by atoms with E-state index in [9.17, 15) is 4.79 Å². The van der Waals surface area contributed by atoms with Crippen LogP contribution in [0.3, 0.4) is 0 Å². The summed E-state index contributed by atoms with van der Waals surface area (Å²) in [5.41, 5.74) is 9.67. The van der Waals surface area contributed by atoms with Gasteiger partial charge in [-0.05, 0) is 55.5 Å². The smallest absolute Gasteiger partial charge is 0.271 e. The maximum absolute atomic E-state index is 12.5. The minimum atomic E-state index is -0.639. The van der Waals surface area contributed by atoms with Crippen LogP contribution in [0.4, 0.5) is 17.3 Å². The fourth-order valence-electron chi connectivity index (χ4n) is 5.60. The number of rotatable bonds is 8. The zero-order valence-electron chi connectivity index (χ0n) is 22.1. The van der Waals surface area contributed by atoms with Crippen LogP contribution in [0, 0.1) is 5.41 Å². The summed E-state index contributed by atoms with van der Waals surface area (Å²) in [6.45, 7) is 6.04. The number of nitrogens with zero attached hydrogens (tertiary/aromatic N) is 4. The first-order valence-corrected chi connectivity index (χ1v) is 13.7. The Kier molecular flexibility index (Phi) is 7.40. The van der Waals surface area contributed by atoms with Gasteiger partial charge in [-0.3, -0.25) is 14.7 Å². The number of hydrogen-bond acceptors (Lipinski definition) is 9. The predicted octanol–water partition coefficient (Wildman–Crippen LogP) is 3.58. The molecule has 2 saturated heterocycles. The van der Waals surface area contributed by atoms with Gasteiger partial charge in [-0.15, -0.1) is 0 Å². The summed E-state index contributed by atoms with van der Waals surface area (Å²) in [4.78, 5) is 28.6. The Morgan fingerprint density at radius 1 is 0.974 bits per heavy atom. The van der Waals surface area contributed by atoms with Crippen LogP contribution in [0.25, 0.3) is 11.3 Å². The second kappa shape index (κ2) is 11.3. The van der Waals surface area contributed by atoms with Gasteiger partial charge in [0.1, 0.15) is 5.69 Å². The van der Waals surface area contributed by atoms with Gasteiger partial charge in [-0.25, -0.2) is 9.97 Å². The van der Waals surface area contributed by atoms with Gasteiger partial charge in [0.15, 0.2) is 17.3 Å². The molecular formula is C29H35N7O3. The first kappa shape index (κ1) is 25.7. The Bertz CT molecular complexity index is 1280. The lowest BCUT2D eigenvalue weighted by Gasteiger charge is -2.46. The minimum absolute atomic E-state index is 0.0963. The van der Waals surface area contributed by atoms with Gasteiger partial charge in [-0.1, -0.05) is 12.1 Å². The summed E-state index contributed by atoms with van der Waals surface area (Å²) in [7, 11) is 0. The maximum Gasteiger partial charge on any atom is 0.271 e. The van der Waals surface area contributed by atoms with Crippen molar-refractivity contribution in [3.63, 3.8) is 0 Å². The van der Waals surface area contributed by atoms with Crippen LogP contribution in [0.1, 0.15) is 41.7 Å². The summed E-state index contributed by atoms with van der Waals surface area (Å²) in [6.07, 6.45) is 7.73. The van der Waals surface area contributed by atoms with Gasteiger partial charge >= 0.3 is 0 Å². The van der Waals surface area contributed by atoms with E-state index in [-0.39, 0.29) is 11.7 Å². The highest BCUT2D eigenvalue weighted by Gasteiger charge is 2.41. The zero-order chi connectivity index (χ0) is 26.7. The second-order valence-corrected chi connectivity index (χ2v) is 10.8. The van der Waals surface area contributed by atoms with Crippen molar-refractivity contribution in [1.29, 1.82) is 0 Å². The normalized spacial score (nSPS) is 19.4. The lowest BCUT2D eigenvalue weighted by Crippen LogP contribution is -2.47. The molecule has 0 bridgehead atoms. The molecule has 0 radical (unpaired) electrons. The third-order valence-corrected chi connectivity index (χ3v) is 8.01. The molecule has 6 rings (SSSR count). The standard InChI is InChI=1S/C29H35N7O3/c30-26(37)25-28(32-22-3-1-20(2-4-22)17-36-13-15-38-16-14-36)35-27(24(34-25)21-7-11-31-12-8-21)33-23-5-9-29(10-6-23)18-39-19-29/h1-4,7-8,11-12,23H,5-6,9-10,13-19H2,(H2,30,37)(H2,32,33,35). The van der Waals surface area contributed by atoms with Gasteiger partial charge < -0.3 is 25.8 Å². The first-order valence-electron chi connectivity index (χ1n) is 13.7. The Hall–Kier alpha value is -3.60. The van der Waals surface area contributed by atoms with E-state index in [0.29, 0.717) is 22.7 Å². The molecule has 1 spiro atoms. The summed E-state index contributed by atoms with van der Waals surface area (Å²) in [5, 5.41) is 6.93. The van der Waals surface area contributed by atoms with Crippen molar-refractivity contribution in [1.82, 2.24) is 19.9 Å². The number of amides is 1. The lowest BCUT2D eigenvalue weighted by molar-refractivity contribution is -0.131. The molecule has 204 valence electrons. The zero-order valence-corrected chi connectivity index (χ0v) is 22.1. The van der Waals surface area contributed by atoms with Gasteiger partial charge in [0.05, 0.1) is 26.4 Å². The number of pyridine rings is 1. The summed E-state index contributed by atoms with van der Waals surface area (Å²) < 4.78 is 10.9. The molecule has 0 unspecified atom stereocenters. The number of benzene rings is 1. The molecule has 3 fully saturated rings. The third kappa shape index (κ3) is 5.88. The number of aromatic nitrogens is 3. The average molecular weight is 530 g/mol. The average Bonchev–Trinajstić information content (AvgIpc) is 2.95. The van der Waals surface area contributed by atoms with Crippen molar-refractivity contribution in [2.45, 2.75) is 38.3 Å². The van der Waals surface area contributed by atoms with Crippen molar-refractivity contribution in [2.75, 3.05) is 50.2 Å². The van der Waals surface area contributed by atoms with Gasteiger partial charge in [0.2, 0.25) is 0 Å². The van der Waals surface area contributed by atoms with Crippen LogP contribution in [-0.4, -0.2) is 71.3 Å². The van der Waals surface area contributed by atoms with E-state index >= 15 is 0 Å². The molecule has 10 heteroatoms. The molecule has 0 atom stereocenters. The topological polar surface area (TPSA) is 128 Å². The Balaban J connectivity index is 1.25. The molecule has 2 aliphatic heterocycles. The van der Waals surface area contributed by atoms with Crippen LogP contribution in [0.2, 0.25) is 0 Å². The van der Waals surface area contributed by atoms with E-state index in [1.54, 1.807) is 12.4 Å². The molecule has 1 aliphatic carbocycles. The number of hydrogen-bond donors (Lipinski definition) is 3. The fraction of sp³-hybridized carbons (Fsp3) is 0.448. The maximum atomic E-state index is 12.5. The van der Waals surface area contributed by atoms with E-state index in [2.05, 4.69) is 32.7 Å². The highest BCUT2D eigenvalue weighted by atomic mass is 16.5. The van der Waals surface area contributed by atoms with E-state index in [4.69, 9.17) is 25.2 Å². The Morgan fingerprint density at radius 3 is 2.33 bits per heavy atom. The number of primary amides is 1. The molecule has 39 heavy (non-hydrogen) atoms. The molecule has 2 aromatic heterocycles. The van der Waals surface area contributed by atoms with Crippen LogP contribution in [-0.2, 0) is 16.0 Å². The van der Waals surface area contributed by atoms with Gasteiger partial charge in [-0.2, -0.15) is 0 Å². The van der Waals surface area contributed by atoms with Crippen molar-refractivity contribution >= 4 is 23.2 Å². The van der Waals surface area contributed by atoms with E-state index in [0.717, 1.165) is 83.0 Å². The second-order valence-electron chi connectivity index (χ2n) is 10.8.